The summed E-state index contributed by atoms with van der Waals surface area (Å²) in [4.78, 5) is 14.0. The molecule has 8 heteroatoms. The van der Waals surface area contributed by atoms with Crippen molar-refractivity contribution >= 4 is 27.5 Å². The molecule has 2 fully saturated rings. The van der Waals surface area contributed by atoms with E-state index in [0.29, 0.717) is 18.1 Å². The molecule has 23 heavy (non-hydrogen) atoms. The van der Waals surface area contributed by atoms with E-state index in [4.69, 9.17) is 16.3 Å². The number of carbonyl (C=O) groups excluding carboxylic acids is 1. The van der Waals surface area contributed by atoms with Crippen molar-refractivity contribution in [2.24, 2.45) is 11.8 Å². The van der Waals surface area contributed by atoms with Crippen molar-refractivity contribution in [1.82, 2.24) is 9.21 Å². The molecule has 2 aliphatic heterocycles. The molecule has 0 radical (unpaired) electrons. The lowest BCUT2D eigenvalue weighted by Crippen LogP contribution is -2.42. The van der Waals surface area contributed by atoms with Gasteiger partial charge in [-0.2, -0.15) is 4.31 Å². The van der Waals surface area contributed by atoms with Gasteiger partial charge in [0.05, 0.1) is 13.0 Å². The van der Waals surface area contributed by atoms with Crippen molar-refractivity contribution in [2.45, 2.75) is 11.3 Å². The maximum absolute atomic E-state index is 13.0. The van der Waals surface area contributed by atoms with Gasteiger partial charge in [0.25, 0.3) is 0 Å². The number of rotatable bonds is 3. The molecule has 0 bridgehead atoms. The zero-order chi connectivity index (χ0) is 16.8. The largest absolute Gasteiger partial charge is 0.495 e. The molecule has 6 nitrogen and oxygen atoms in total. The third-order valence-corrected chi connectivity index (χ3v) is 6.77. The van der Waals surface area contributed by atoms with Gasteiger partial charge in [0.2, 0.25) is 15.9 Å². The second kappa shape index (κ2) is 5.96. The van der Waals surface area contributed by atoms with E-state index < -0.39 is 10.0 Å². The molecule has 2 aliphatic rings. The van der Waals surface area contributed by atoms with E-state index in [9.17, 15) is 13.2 Å². The number of methoxy groups -OCH3 is 1. The van der Waals surface area contributed by atoms with Crippen molar-refractivity contribution in [3.05, 3.63) is 23.2 Å². The lowest BCUT2D eigenvalue weighted by atomic mass is 9.88. The summed E-state index contributed by atoms with van der Waals surface area (Å²) in [5.74, 6) is 0.108. The summed E-state index contributed by atoms with van der Waals surface area (Å²) in [6, 6.07) is 4.52. The van der Waals surface area contributed by atoms with Crippen molar-refractivity contribution in [3.8, 4) is 5.75 Å². The van der Waals surface area contributed by atoms with E-state index in [1.54, 1.807) is 18.0 Å². The summed E-state index contributed by atoms with van der Waals surface area (Å²) in [7, 11) is -0.569. The molecule has 0 saturated carbocycles. The number of hydrogen-bond donors (Lipinski definition) is 0. The molecular formula is C15H19ClN2O4S. The van der Waals surface area contributed by atoms with Gasteiger partial charge in [-0.05, 0) is 30.5 Å². The second-order valence-electron chi connectivity index (χ2n) is 6.03. The Bertz CT molecular complexity index is 737. The molecule has 0 N–H and O–H groups in total. The predicted octanol–water partition coefficient (Wildman–Crippen LogP) is 1.45. The Kier molecular flexibility index (Phi) is 4.29. The standard InChI is InChI=1S/C15H19ClN2O4S/c1-17-6-5-10-8-18(9-12(10)15(17)19)23(20,21)14-7-11(16)3-4-13(14)22-2/h3-4,7,10,12H,5-6,8-9H2,1-2H3/t10-,12+/m1/s1. The summed E-state index contributed by atoms with van der Waals surface area (Å²) in [5.41, 5.74) is 0. The number of piperidine rings is 1. The summed E-state index contributed by atoms with van der Waals surface area (Å²) in [5, 5.41) is 0.330. The van der Waals surface area contributed by atoms with Gasteiger partial charge in [0, 0.05) is 31.7 Å². The van der Waals surface area contributed by atoms with Gasteiger partial charge in [-0.25, -0.2) is 8.42 Å². The van der Waals surface area contributed by atoms with Crippen LogP contribution in [0, 0.1) is 11.8 Å². The number of hydrogen-bond acceptors (Lipinski definition) is 4. The van der Waals surface area contributed by atoms with Crippen molar-refractivity contribution in [3.63, 3.8) is 0 Å². The SMILES string of the molecule is COc1ccc(Cl)cc1S(=O)(=O)N1C[C@H]2CCN(C)C(=O)[C@H]2C1. The Morgan fingerprint density at radius 2 is 2.04 bits per heavy atom. The molecule has 3 rings (SSSR count). The number of fused-ring (bicyclic) bond motifs is 1. The van der Waals surface area contributed by atoms with Gasteiger partial charge in [0.1, 0.15) is 10.6 Å². The first kappa shape index (κ1) is 16.5. The number of sulfonamides is 1. The summed E-state index contributed by atoms with van der Waals surface area (Å²) >= 11 is 5.95. The Labute approximate surface area is 141 Å². The third-order valence-electron chi connectivity index (χ3n) is 4.68. The first-order valence-electron chi connectivity index (χ1n) is 7.43. The summed E-state index contributed by atoms with van der Waals surface area (Å²) in [6.07, 6.45) is 0.825. The maximum Gasteiger partial charge on any atom is 0.246 e. The van der Waals surface area contributed by atoms with E-state index >= 15 is 0 Å². The Morgan fingerprint density at radius 3 is 2.74 bits per heavy atom. The third kappa shape index (κ3) is 2.81. The maximum atomic E-state index is 13.0. The molecule has 2 saturated heterocycles. The van der Waals surface area contributed by atoms with Crippen LogP contribution in [0.4, 0.5) is 0 Å². The number of nitrogens with zero attached hydrogens (tertiary/aromatic N) is 2. The number of amides is 1. The van der Waals surface area contributed by atoms with Gasteiger partial charge < -0.3 is 9.64 Å². The topological polar surface area (TPSA) is 66.9 Å². The normalized spacial score (nSPS) is 25.5. The zero-order valence-electron chi connectivity index (χ0n) is 13.0. The van der Waals surface area contributed by atoms with Crippen LogP contribution in [0.1, 0.15) is 6.42 Å². The fraction of sp³-hybridized carbons (Fsp3) is 0.533. The Hall–Kier alpha value is -1.31. The van der Waals surface area contributed by atoms with E-state index in [-0.39, 0.29) is 34.9 Å². The first-order valence-corrected chi connectivity index (χ1v) is 9.25. The summed E-state index contributed by atoms with van der Waals surface area (Å²) in [6.45, 7) is 1.25. The predicted molar refractivity (Wildman–Crippen MR) is 86.0 cm³/mol. The van der Waals surface area contributed by atoms with Gasteiger partial charge in [-0.1, -0.05) is 11.6 Å². The van der Waals surface area contributed by atoms with Gasteiger partial charge >= 0.3 is 0 Å². The number of benzene rings is 1. The highest BCUT2D eigenvalue weighted by molar-refractivity contribution is 7.89. The Balaban J connectivity index is 1.93. The fourth-order valence-corrected chi connectivity index (χ4v) is 5.29. The minimum atomic E-state index is -3.75. The summed E-state index contributed by atoms with van der Waals surface area (Å²) < 4.78 is 32.5. The van der Waals surface area contributed by atoms with Crippen molar-refractivity contribution in [2.75, 3.05) is 33.8 Å². The zero-order valence-corrected chi connectivity index (χ0v) is 14.6. The van der Waals surface area contributed by atoms with E-state index in [1.165, 1.54) is 23.5 Å². The molecule has 0 unspecified atom stereocenters. The van der Waals surface area contributed by atoms with Gasteiger partial charge in [-0.15, -0.1) is 0 Å². The lowest BCUT2D eigenvalue weighted by Gasteiger charge is -2.30. The van der Waals surface area contributed by atoms with E-state index in [0.717, 1.165) is 6.42 Å². The second-order valence-corrected chi connectivity index (χ2v) is 8.38. The van der Waals surface area contributed by atoms with Crippen LogP contribution in [0.25, 0.3) is 0 Å². The van der Waals surface area contributed by atoms with Crippen LogP contribution in [-0.2, 0) is 14.8 Å². The highest BCUT2D eigenvalue weighted by atomic mass is 35.5. The van der Waals surface area contributed by atoms with Crippen LogP contribution in [0.2, 0.25) is 5.02 Å². The number of likely N-dealkylation sites (tertiary alicyclic amines) is 1. The van der Waals surface area contributed by atoms with Crippen molar-refractivity contribution < 1.29 is 17.9 Å². The highest BCUT2D eigenvalue weighted by Gasteiger charge is 2.46. The number of halogens is 1. The molecule has 0 aliphatic carbocycles. The number of ether oxygens (including phenoxy) is 1. The van der Waals surface area contributed by atoms with Crippen LogP contribution < -0.4 is 4.74 Å². The molecule has 2 atom stereocenters. The highest BCUT2D eigenvalue weighted by Crippen LogP contribution is 2.37. The fourth-order valence-electron chi connectivity index (χ4n) is 3.34. The minimum absolute atomic E-state index is 0.0250. The minimum Gasteiger partial charge on any atom is -0.495 e. The van der Waals surface area contributed by atoms with Gasteiger partial charge in [0.15, 0.2) is 0 Å². The first-order chi connectivity index (χ1) is 10.8. The molecule has 126 valence electrons. The average molecular weight is 359 g/mol. The number of carbonyl (C=O) groups is 1. The van der Waals surface area contributed by atoms with Crippen LogP contribution >= 0.6 is 11.6 Å². The quantitative estimate of drug-likeness (QED) is 0.820. The lowest BCUT2D eigenvalue weighted by molar-refractivity contribution is -0.137. The average Bonchev–Trinajstić information content (AvgIpc) is 2.97. The molecule has 1 aromatic carbocycles. The van der Waals surface area contributed by atoms with Crippen LogP contribution in [0.5, 0.6) is 5.75 Å². The monoisotopic (exact) mass is 358 g/mol. The van der Waals surface area contributed by atoms with Crippen LogP contribution in [0.3, 0.4) is 0 Å². The van der Waals surface area contributed by atoms with Crippen LogP contribution in [-0.4, -0.2) is 57.3 Å². The molecule has 0 aromatic heterocycles. The van der Waals surface area contributed by atoms with E-state index in [1.807, 2.05) is 0 Å². The smallest absolute Gasteiger partial charge is 0.246 e. The van der Waals surface area contributed by atoms with Crippen molar-refractivity contribution in [1.29, 1.82) is 0 Å². The molecule has 2 heterocycles. The molecule has 0 spiro atoms. The Morgan fingerprint density at radius 1 is 1.30 bits per heavy atom. The van der Waals surface area contributed by atoms with E-state index in [2.05, 4.69) is 0 Å². The molecular weight excluding hydrogens is 340 g/mol. The van der Waals surface area contributed by atoms with Crippen LogP contribution in [0.15, 0.2) is 23.1 Å². The van der Waals surface area contributed by atoms with Gasteiger partial charge in [-0.3, -0.25) is 4.79 Å². The molecule has 1 aromatic rings. The molecule has 1 amide bonds.